The zero-order chi connectivity index (χ0) is 13.9. The third kappa shape index (κ3) is 3.58. The number of hydrogen-bond acceptors (Lipinski definition) is 4. The van der Waals surface area contributed by atoms with Gasteiger partial charge in [-0.15, -0.1) is 0 Å². The summed E-state index contributed by atoms with van der Waals surface area (Å²) in [4.78, 5) is -0.0444. The quantitative estimate of drug-likeness (QED) is 0.713. The van der Waals surface area contributed by atoms with E-state index in [1.807, 2.05) is 0 Å². The number of halogens is 1. The third-order valence-corrected chi connectivity index (χ3v) is 4.58. The van der Waals surface area contributed by atoms with Crippen molar-refractivity contribution in [1.82, 2.24) is 4.72 Å². The highest BCUT2D eigenvalue weighted by atomic mass is 35.5. The normalized spacial score (nSPS) is 13.6. The second kappa shape index (κ2) is 5.88. The highest BCUT2D eigenvalue weighted by Gasteiger charge is 2.21. The Morgan fingerprint density at radius 1 is 1.50 bits per heavy atom. The van der Waals surface area contributed by atoms with Crippen molar-refractivity contribution in [1.29, 1.82) is 0 Å². The summed E-state index contributed by atoms with van der Waals surface area (Å²) >= 11 is 5.92. The Kier molecular flexibility index (Phi) is 4.98. The number of rotatable bonds is 5. The van der Waals surface area contributed by atoms with Crippen LogP contribution in [0.15, 0.2) is 17.0 Å². The van der Waals surface area contributed by atoms with Gasteiger partial charge >= 0.3 is 0 Å². The lowest BCUT2D eigenvalue weighted by Crippen LogP contribution is -2.33. The SMILES string of the molecule is Cc1cc(Cl)c(S(=O)(=O)NC(C)CCO)cc1N. The Labute approximate surface area is 112 Å². The Morgan fingerprint density at radius 3 is 2.67 bits per heavy atom. The van der Waals surface area contributed by atoms with Gasteiger partial charge in [-0.05, 0) is 38.0 Å². The van der Waals surface area contributed by atoms with E-state index in [-0.39, 0.29) is 22.6 Å². The fourth-order valence-corrected chi connectivity index (χ4v) is 3.35. The van der Waals surface area contributed by atoms with E-state index in [1.165, 1.54) is 12.1 Å². The third-order valence-electron chi connectivity index (χ3n) is 2.53. The average Bonchev–Trinajstić information content (AvgIpc) is 2.22. The number of nitrogens with one attached hydrogen (secondary N) is 1. The number of aryl methyl sites for hydroxylation is 1. The van der Waals surface area contributed by atoms with Crippen LogP contribution in [0.2, 0.25) is 5.02 Å². The minimum Gasteiger partial charge on any atom is -0.398 e. The molecule has 0 saturated heterocycles. The van der Waals surface area contributed by atoms with Gasteiger partial charge in [0.15, 0.2) is 0 Å². The van der Waals surface area contributed by atoms with Gasteiger partial charge in [-0.1, -0.05) is 11.6 Å². The molecule has 4 N–H and O–H groups in total. The number of aliphatic hydroxyl groups is 1. The minimum atomic E-state index is -3.72. The second-order valence-corrected chi connectivity index (χ2v) is 6.26. The van der Waals surface area contributed by atoms with Crippen molar-refractivity contribution >= 4 is 27.3 Å². The molecule has 0 heterocycles. The molecule has 1 aromatic carbocycles. The van der Waals surface area contributed by atoms with Crippen molar-refractivity contribution in [3.8, 4) is 0 Å². The van der Waals surface area contributed by atoms with Crippen LogP contribution in [0.1, 0.15) is 18.9 Å². The van der Waals surface area contributed by atoms with Crippen molar-refractivity contribution in [2.24, 2.45) is 0 Å². The lowest BCUT2D eigenvalue weighted by Gasteiger charge is -2.14. The van der Waals surface area contributed by atoms with Crippen LogP contribution in [-0.4, -0.2) is 26.2 Å². The number of nitrogens with two attached hydrogens (primary N) is 1. The van der Waals surface area contributed by atoms with Crippen molar-refractivity contribution in [2.45, 2.75) is 31.2 Å². The van der Waals surface area contributed by atoms with Gasteiger partial charge in [0.2, 0.25) is 10.0 Å². The topological polar surface area (TPSA) is 92.4 Å². The van der Waals surface area contributed by atoms with Gasteiger partial charge in [0.05, 0.1) is 5.02 Å². The van der Waals surface area contributed by atoms with Crippen LogP contribution < -0.4 is 10.5 Å². The predicted molar refractivity (Wildman–Crippen MR) is 72.1 cm³/mol. The van der Waals surface area contributed by atoms with E-state index in [4.69, 9.17) is 22.4 Å². The molecule has 0 aliphatic rings. The summed E-state index contributed by atoms with van der Waals surface area (Å²) in [6.45, 7) is 3.33. The highest BCUT2D eigenvalue weighted by Crippen LogP contribution is 2.26. The van der Waals surface area contributed by atoms with Crippen LogP contribution in [-0.2, 0) is 10.0 Å². The molecule has 5 nitrogen and oxygen atoms in total. The molecular formula is C11H17ClN2O3S. The summed E-state index contributed by atoms with van der Waals surface area (Å²) in [5.74, 6) is 0. The standard InChI is InChI=1S/C11H17ClN2O3S/c1-7-5-9(12)11(6-10(7)13)18(16,17)14-8(2)3-4-15/h5-6,8,14-15H,3-4,13H2,1-2H3. The second-order valence-electron chi connectivity index (χ2n) is 4.17. The van der Waals surface area contributed by atoms with Crippen molar-refractivity contribution < 1.29 is 13.5 Å². The molecular weight excluding hydrogens is 276 g/mol. The van der Waals surface area contributed by atoms with Crippen LogP contribution in [0.4, 0.5) is 5.69 Å². The molecule has 0 aliphatic heterocycles. The van der Waals surface area contributed by atoms with Crippen molar-refractivity contribution in [3.63, 3.8) is 0 Å². The lowest BCUT2D eigenvalue weighted by molar-refractivity contribution is 0.275. The molecule has 0 bridgehead atoms. The Balaban J connectivity index is 3.09. The van der Waals surface area contributed by atoms with E-state index in [0.29, 0.717) is 12.1 Å². The summed E-state index contributed by atoms with van der Waals surface area (Å²) in [6, 6.07) is 2.48. The number of sulfonamides is 1. The van der Waals surface area contributed by atoms with Gasteiger partial charge in [-0.25, -0.2) is 13.1 Å². The Hall–Kier alpha value is -0.820. The van der Waals surface area contributed by atoms with E-state index in [9.17, 15) is 8.42 Å². The number of hydrogen-bond donors (Lipinski definition) is 3. The molecule has 102 valence electrons. The van der Waals surface area contributed by atoms with E-state index < -0.39 is 10.0 Å². The zero-order valence-corrected chi connectivity index (χ0v) is 11.8. The number of benzene rings is 1. The van der Waals surface area contributed by atoms with Crippen molar-refractivity contribution in [2.75, 3.05) is 12.3 Å². The number of nitrogen functional groups attached to an aromatic ring is 1. The molecule has 18 heavy (non-hydrogen) atoms. The van der Waals surface area contributed by atoms with Gasteiger partial charge in [0.1, 0.15) is 4.90 Å². The fourth-order valence-electron chi connectivity index (χ4n) is 1.46. The molecule has 1 rings (SSSR count). The molecule has 1 unspecified atom stereocenters. The molecule has 0 aliphatic carbocycles. The fraction of sp³-hybridized carbons (Fsp3) is 0.455. The monoisotopic (exact) mass is 292 g/mol. The summed E-state index contributed by atoms with van der Waals surface area (Å²) in [5, 5.41) is 8.89. The summed E-state index contributed by atoms with van der Waals surface area (Å²) in [7, 11) is -3.72. The van der Waals surface area contributed by atoms with Gasteiger partial charge in [0.25, 0.3) is 0 Å². The van der Waals surface area contributed by atoms with Crippen molar-refractivity contribution in [3.05, 3.63) is 22.7 Å². The maximum absolute atomic E-state index is 12.1. The van der Waals surface area contributed by atoms with Crippen LogP contribution in [0.3, 0.4) is 0 Å². The summed E-state index contributed by atoms with van der Waals surface area (Å²) in [6.07, 6.45) is 0.332. The van der Waals surface area contributed by atoms with Gasteiger partial charge in [-0.2, -0.15) is 0 Å². The molecule has 0 aromatic heterocycles. The summed E-state index contributed by atoms with van der Waals surface area (Å²) in [5.41, 5.74) is 6.78. The first-order valence-corrected chi connectivity index (χ1v) is 7.33. The van der Waals surface area contributed by atoms with Gasteiger partial charge in [-0.3, -0.25) is 0 Å². The summed E-state index contributed by atoms with van der Waals surface area (Å²) < 4.78 is 26.6. The van der Waals surface area contributed by atoms with Gasteiger partial charge in [0, 0.05) is 18.3 Å². The maximum Gasteiger partial charge on any atom is 0.242 e. The molecule has 0 amide bonds. The lowest BCUT2D eigenvalue weighted by atomic mass is 10.2. The van der Waals surface area contributed by atoms with Crippen LogP contribution in [0.25, 0.3) is 0 Å². The molecule has 0 radical (unpaired) electrons. The van der Waals surface area contributed by atoms with E-state index in [1.54, 1.807) is 13.8 Å². The van der Waals surface area contributed by atoms with Gasteiger partial charge < -0.3 is 10.8 Å². The first-order valence-electron chi connectivity index (χ1n) is 5.46. The largest absolute Gasteiger partial charge is 0.398 e. The minimum absolute atomic E-state index is 0.0444. The number of anilines is 1. The molecule has 0 fully saturated rings. The zero-order valence-electron chi connectivity index (χ0n) is 10.3. The number of aliphatic hydroxyl groups excluding tert-OH is 1. The first kappa shape index (κ1) is 15.2. The average molecular weight is 293 g/mol. The Bertz CT molecular complexity index is 531. The van der Waals surface area contributed by atoms with Crippen LogP contribution in [0, 0.1) is 6.92 Å². The van der Waals surface area contributed by atoms with E-state index in [2.05, 4.69) is 4.72 Å². The highest BCUT2D eigenvalue weighted by molar-refractivity contribution is 7.89. The maximum atomic E-state index is 12.1. The van der Waals surface area contributed by atoms with E-state index >= 15 is 0 Å². The molecule has 1 aromatic rings. The van der Waals surface area contributed by atoms with Crippen LogP contribution >= 0.6 is 11.6 Å². The first-order chi connectivity index (χ1) is 8.27. The van der Waals surface area contributed by atoms with E-state index in [0.717, 1.165) is 5.56 Å². The molecule has 0 spiro atoms. The van der Waals surface area contributed by atoms with Crippen LogP contribution in [0.5, 0.6) is 0 Å². The molecule has 7 heteroatoms. The Morgan fingerprint density at radius 2 is 2.11 bits per heavy atom. The molecule has 0 saturated carbocycles. The smallest absolute Gasteiger partial charge is 0.242 e. The predicted octanol–water partition coefficient (Wildman–Crippen LogP) is 1.28. The molecule has 1 atom stereocenters.